The zero-order valence-electron chi connectivity index (χ0n) is 8.61. The number of halogens is 4. The molecule has 0 radical (unpaired) electrons. The van der Waals surface area contributed by atoms with Crippen LogP contribution in [0, 0.1) is 0 Å². The van der Waals surface area contributed by atoms with Gasteiger partial charge in [-0.1, -0.05) is 12.2 Å². The third-order valence-corrected chi connectivity index (χ3v) is 2.97. The van der Waals surface area contributed by atoms with Gasteiger partial charge in [0.2, 0.25) is 0 Å². The molecule has 4 nitrogen and oxygen atoms in total. The van der Waals surface area contributed by atoms with Crippen molar-refractivity contribution in [1.82, 2.24) is 4.90 Å². The maximum absolute atomic E-state index is 13.7. The molecule has 0 aromatic rings. The van der Waals surface area contributed by atoms with E-state index in [0.29, 0.717) is 0 Å². The van der Waals surface area contributed by atoms with Crippen LogP contribution in [-0.4, -0.2) is 42.3 Å². The second-order valence-electron chi connectivity index (χ2n) is 3.02. The highest BCUT2D eigenvalue weighted by atomic mass is 32.2. The Labute approximate surface area is 96.0 Å². The summed E-state index contributed by atoms with van der Waals surface area (Å²) in [6.45, 7) is 4.68. The van der Waals surface area contributed by atoms with Crippen molar-refractivity contribution >= 4 is 10.1 Å². The molecular formula is C8H11F4NO3S. The molecule has 0 saturated heterocycles. The Balaban J connectivity index is 5.75. The molecule has 0 bridgehead atoms. The first-order valence-electron chi connectivity index (χ1n) is 4.22. The van der Waals surface area contributed by atoms with E-state index in [9.17, 15) is 26.0 Å². The summed E-state index contributed by atoms with van der Waals surface area (Å²) in [4.78, 5) is -0.150. The van der Waals surface area contributed by atoms with Crippen LogP contribution in [0.15, 0.2) is 25.3 Å². The molecule has 17 heavy (non-hydrogen) atoms. The fourth-order valence-electron chi connectivity index (χ4n) is 1.11. The predicted octanol–water partition coefficient (Wildman–Crippen LogP) is 1.73. The largest absolute Gasteiger partial charge is 0.455 e. The maximum Gasteiger partial charge on any atom is 0.455 e. The average Bonchev–Trinajstić information content (AvgIpc) is 2.12. The monoisotopic (exact) mass is 277 g/mol. The standard InChI is InChI=1S/C8H11F4NO3S/c1-3-5-13(6-4-2)8(12,7(9,10)11)17(14,15)16/h3-4H,1-2,5-6H2,(H,14,15,16). The first-order valence-corrected chi connectivity index (χ1v) is 5.66. The Kier molecular flexibility index (Phi) is 4.87. The van der Waals surface area contributed by atoms with Crippen molar-refractivity contribution < 1.29 is 30.5 Å². The van der Waals surface area contributed by atoms with Crippen LogP contribution in [0.5, 0.6) is 0 Å². The minimum atomic E-state index is -6.03. The lowest BCUT2D eigenvalue weighted by Gasteiger charge is -2.34. The van der Waals surface area contributed by atoms with Crippen LogP contribution in [0.1, 0.15) is 0 Å². The summed E-state index contributed by atoms with van der Waals surface area (Å²) in [6.07, 6.45) is -4.07. The van der Waals surface area contributed by atoms with E-state index in [1.165, 1.54) is 0 Å². The minimum Gasteiger partial charge on any atom is -0.282 e. The molecule has 1 unspecified atom stereocenters. The third kappa shape index (κ3) is 3.05. The van der Waals surface area contributed by atoms with Crippen LogP contribution in [0.2, 0.25) is 0 Å². The molecule has 0 amide bonds. The molecule has 0 aromatic heterocycles. The van der Waals surface area contributed by atoms with Gasteiger partial charge in [0.1, 0.15) is 0 Å². The molecule has 1 N–H and O–H groups in total. The first-order chi connectivity index (χ1) is 7.52. The van der Waals surface area contributed by atoms with Gasteiger partial charge in [-0.3, -0.25) is 4.55 Å². The van der Waals surface area contributed by atoms with E-state index in [2.05, 4.69) is 13.2 Å². The lowest BCUT2D eigenvalue weighted by molar-refractivity contribution is -0.243. The van der Waals surface area contributed by atoms with Gasteiger partial charge in [0.25, 0.3) is 0 Å². The summed E-state index contributed by atoms with van der Waals surface area (Å²) >= 11 is 0. The van der Waals surface area contributed by atoms with E-state index >= 15 is 0 Å². The van der Waals surface area contributed by atoms with Gasteiger partial charge in [0.05, 0.1) is 0 Å². The molecule has 9 heteroatoms. The van der Waals surface area contributed by atoms with E-state index in [0.717, 1.165) is 12.2 Å². The highest BCUT2D eigenvalue weighted by molar-refractivity contribution is 7.87. The van der Waals surface area contributed by atoms with Crippen LogP contribution in [-0.2, 0) is 10.1 Å². The topological polar surface area (TPSA) is 57.6 Å². The van der Waals surface area contributed by atoms with Crippen LogP contribution < -0.4 is 0 Å². The van der Waals surface area contributed by atoms with Gasteiger partial charge in [0.15, 0.2) is 0 Å². The van der Waals surface area contributed by atoms with Crippen molar-refractivity contribution in [3.8, 4) is 0 Å². The minimum absolute atomic E-state index is 0.150. The Hall–Kier alpha value is -0.930. The van der Waals surface area contributed by atoms with Crippen LogP contribution in [0.4, 0.5) is 17.6 Å². The fraction of sp³-hybridized carbons (Fsp3) is 0.500. The second-order valence-corrected chi connectivity index (χ2v) is 4.51. The van der Waals surface area contributed by atoms with Gasteiger partial charge >= 0.3 is 21.4 Å². The van der Waals surface area contributed by atoms with Crippen molar-refractivity contribution in [2.75, 3.05) is 13.1 Å². The van der Waals surface area contributed by atoms with Crippen LogP contribution >= 0.6 is 0 Å². The Morgan fingerprint density at radius 3 is 1.65 bits per heavy atom. The zero-order valence-corrected chi connectivity index (χ0v) is 9.43. The Morgan fingerprint density at radius 1 is 1.12 bits per heavy atom. The molecule has 100 valence electrons. The van der Waals surface area contributed by atoms with E-state index < -0.39 is 34.5 Å². The van der Waals surface area contributed by atoms with Gasteiger partial charge < -0.3 is 0 Å². The molecule has 0 aromatic carbocycles. The van der Waals surface area contributed by atoms with Crippen molar-refractivity contribution in [1.29, 1.82) is 0 Å². The summed E-state index contributed by atoms with van der Waals surface area (Å²) in [5.41, 5.74) is 0. The summed E-state index contributed by atoms with van der Waals surface area (Å²) in [5, 5.41) is -4.89. The second kappa shape index (κ2) is 5.15. The van der Waals surface area contributed by atoms with Crippen molar-refractivity contribution in [3.05, 3.63) is 25.3 Å². The lowest BCUT2D eigenvalue weighted by atomic mass is 10.4. The zero-order chi connectivity index (χ0) is 13.9. The summed E-state index contributed by atoms with van der Waals surface area (Å²) in [5.74, 6) is 0. The highest BCUT2D eigenvalue weighted by Gasteiger charge is 2.68. The smallest absolute Gasteiger partial charge is 0.282 e. The SMILES string of the molecule is C=CCN(CC=C)C(F)(C(F)(F)F)S(=O)(=O)O. The van der Waals surface area contributed by atoms with Crippen molar-refractivity contribution in [2.45, 2.75) is 11.3 Å². The number of rotatable bonds is 6. The van der Waals surface area contributed by atoms with Gasteiger partial charge in [-0.2, -0.15) is 26.0 Å². The molecule has 0 aliphatic rings. The van der Waals surface area contributed by atoms with E-state index in [1.54, 1.807) is 0 Å². The molecule has 0 spiro atoms. The quantitative estimate of drug-likeness (QED) is 0.348. The summed E-state index contributed by atoms with van der Waals surface area (Å²) < 4.78 is 80.9. The molecular weight excluding hydrogens is 266 g/mol. The van der Waals surface area contributed by atoms with Crippen molar-refractivity contribution in [3.63, 3.8) is 0 Å². The van der Waals surface area contributed by atoms with Gasteiger partial charge in [-0.05, 0) is 0 Å². The fourth-order valence-corrected chi connectivity index (χ4v) is 1.88. The van der Waals surface area contributed by atoms with E-state index in [-0.39, 0.29) is 4.90 Å². The summed E-state index contributed by atoms with van der Waals surface area (Å²) in [7, 11) is -6.03. The number of hydrogen-bond acceptors (Lipinski definition) is 3. The molecule has 0 heterocycles. The van der Waals surface area contributed by atoms with Crippen molar-refractivity contribution in [2.24, 2.45) is 0 Å². The molecule has 0 aliphatic heterocycles. The number of nitrogens with zero attached hydrogens (tertiary/aromatic N) is 1. The lowest BCUT2D eigenvalue weighted by Crippen LogP contribution is -2.60. The number of alkyl halides is 4. The molecule has 0 aliphatic carbocycles. The van der Waals surface area contributed by atoms with Gasteiger partial charge in [-0.15, -0.1) is 13.2 Å². The highest BCUT2D eigenvalue weighted by Crippen LogP contribution is 2.40. The Morgan fingerprint density at radius 2 is 1.47 bits per heavy atom. The molecule has 0 rings (SSSR count). The molecule has 0 fully saturated rings. The van der Waals surface area contributed by atoms with Gasteiger partial charge in [0, 0.05) is 13.1 Å². The third-order valence-electron chi connectivity index (χ3n) is 1.80. The Bertz CT molecular complexity index is 382. The summed E-state index contributed by atoms with van der Waals surface area (Å²) in [6, 6.07) is 0. The van der Waals surface area contributed by atoms with Gasteiger partial charge in [-0.25, -0.2) is 4.90 Å². The van der Waals surface area contributed by atoms with Crippen LogP contribution in [0.25, 0.3) is 0 Å². The predicted molar refractivity (Wildman–Crippen MR) is 53.4 cm³/mol. The van der Waals surface area contributed by atoms with Crippen LogP contribution in [0.3, 0.4) is 0 Å². The van der Waals surface area contributed by atoms with E-state index in [1.807, 2.05) is 0 Å². The average molecular weight is 277 g/mol. The first kappa shape index (κ1) is 16.1. The molecule has 0 saturated carbocycles. The number of hydrogen-bond donors (Lipinski definition) is 1. The molecule has 1 atom stereocenters. The maximum atomic E-state index is 13.7. The normalized spacial score (nSPS) is 16.6. The van der Waals surface area contributed by atoms with E-state index in [4.69, 9.17) is 4.55 Å².